The minimum absolute atomic E-state index is 0.107. The van der Waals surface area contributed by atoms with Gasteiger partial charge in [0.2, 0.25) is 0 Å². The van der Waals surface area contributed by atoms with E-state index in [1.807, 2.05) is 0 Å². The van der Waals surface area contributed by atoms with Crippen LogP contribution >= 0.6 is 23.2 Å². The highest BCUT2D eigenvalue weighted by Crippen LogP contribution is 2.27. The highest BCUT2D eigenvalue weighted by atomic mass is 35.5. The van der Waals surface area contributed by atoms with Gasteiger partial charge in [-0.25, -0.2) is 9.59 Å². The summed E-state index contributed by atoms with van der Waals surface area (Å²) in [4.78, 5) is 23.8. The van der Waals surface area contributed by atoms with Crippen LogP contribution in [0.4, 0.5) is 0 Å². The Morgan fingerprint density at radius 1 is 0.905 bits per heavy atom. The predicted molar refractivity (Wildman–Crippen MR) is 79.2 cm³/mol. The first-order valence-electron chi connectivity index (χ1n) is 5.87. The average Bonchev–Trinajstić information content (AvgIpc) is 2.50. The molecule has 0 bridgehead atoms. The third kappa shape index (κ3) is 3.54. The second-order valence-electron chi connectivity index (χ2n) is 4.00. The van der Waals surface area contributed by atoms with E-state index in [0.717, 1.165) is 0 Å². The number of carbonyl (C=O) groups is 2. The van der Waals surface area contributed by atoms with Gasteiger partial charge < -0.3 is 9.47 Å². The first-order valence-corrected chi connectivity index (χ1v) is 6.63. The first-order chi connectivity index (χ1) is 10.0. The van der Waals surface area contributed by atoms with Gasteiger partial charge in [0.25, 0.3) is 0 Å². The molecule has 0 saturated heterocycles. The number of benzene rings is 2. The number of ether oxygens (including phenoxy) is 2. The molecule has 4 nitrogen and oxygen atoms in total. The van der Waals surface area contributed by atoms with Crippen LogP contribution in [0.15, 0.2) is 42.5 Å². The van der Waals surface area contributed by atoms with Crippen molar-refractivity contribution >= 4 is 35.1 Å². The number of hydrogen-bond acceptors (Lipinski definition) is 4. The Labute approximate surface area is 131 Å². The van der Waals surface area contributed by atoms with Gasteiger partial charge in [0.05, 0.1) is 28.3 Å². The van der Waals surface area contributed by atoms with Gasteiger partial charge in [0.1, 0.15) is 5.75 Å². The van der Waals surface area contributed by atoms with Gasteiger partial charge in [-0.3, -0.25) is 0 Å². The van der Waals surface area contributed by atoms with Crippen molar-refractivity contribution in [1.29, 1.82) is 0 Å². The van der Waals surface area contributed by atoms with E-state index in [-0.39, 0.29) is 21.9 Å². The van der Waals surface area contributed by atoms with E-state index in [2.05, 4.69) is 4.74 Å². The van der Waals surface area contributed by atoms with Crippen LogP contribution in [0.5, 0.6) is 5.75 Å². The Morgan fingerprint density at radius 2 is 1.52 bits per heavy atom. The molecule has 6 heteroatoms. The van der Waals surface area contributed by atoms with E-state index in [1.54, 1.807) is 12.1 Å². The van der Waals surface area contributed by atoms with E-state index in [0.29, 0.717) is 5.02 Å². The Balaban J connectivity index is 2.28. The van der Waals surface area contributed by atoms with Crippen molar-refractivity contribution in [3.05, 3.63) is 63.6 Å². The number of carbonyl (C=O) groups excluding carboxylic acids is 2. The number of halogens is 2. The summed E-state index contributed by atoms with van der Waals surface area (Å²) in [6.07, 6.45) is 0. The van der Waals surface area contributed by atoms with Crippen LogP contribution in [0.25, 0.3) is 0 Å². The van der Waals surface area contributed by atoms with Crippen LogP contribution in [0, 0.1) is 0 Å². The Kier molecular flexibility index (Phi) is 4.83. The largest absolute Gasteiger partial charge is 0.465 e. The number of methoxy groups -OCH3 is 1. The quantitative estimate of drug-likeness (QED) is 0.632. The molecular weight excluding hydrogens is 315 g/mol. The molecule has 0 aliphatic carbocycles. The van der Waals surface area contributed by atoms with E-state index >= 15 is 0 Å². The summed E-state index contributed by atoms with van der Waals surface area (Å²) in [5.41, 5.74) is 0.237. The lowest BCUT2D eigenvalue weighted by Gasteiger charge is -2.08. The third-order valence-corrected chi connectivity index (χ3v) is 3.39. The van der Waals surface area contributed by atoms with Crippen LogP contribution < -0.4 is 4.74 Å². The van der Waals surface area contributed by atoms with Gasteiger partial charge in [0.15, 0.2) is 0 Å². The molecule has 0 fully saturated rings. The van der Waals surface area contributed by atoms with Crippen LogP contribution in [0.3, 0.4) is 0 Å². The molecule has 0 amide bonds. The summed E-state index contributed by atoms with van der Waals surface area (Å²) >= 11 is 11.6. The normalized spacial score (nSPS) is 10.0. The molecule has 2 aromatic carbocycles. The van der Waals surface area contributed by atoms with E-state index in [1.165, 1.54) is 37.4 Å². The second kappa shape index (κ2) is 6.61. The van der Waals surface area contributed by atoms with Crippen molar-refractivity contribution < 1.29 is 19.1 Å². The Bertz CT molecular complexity index is 698. The van der Waals surface area contributed by atoms with E-state index in [9.17, 15) is 9.59 Å². The zero-order valence-electron chi connectivity index (χ0n) is 10.9. The highest BCUT2D eigenvalue weighted by molar-refractivity contribution is 6.42. The van der Waals surface area contributed by atoms with Crippen LogP contribution in [-0.2, 0) is 4.74 Å². The maximum atomic E-state index is 12.1. The van der Waals surface area contributed by atoms with Crippen molar-refractivity contribution in [3.8, 4) is 5.75 Å². The lowest BCUT2D eigenvalue weighted by molar-refractivity contribution is 0.0587. The molecule has 0 radical (unpaired) electrons. The summed E-state index contributed by atoms with van der Waals surface area (Å²) in [5.74, 6) is -1.07. The second-order valence-corrected chi connectivity index (χ2v) is 4.82. The molecule has 0 unspecified atom stereocenters. The van der Waals surface area contributed by atoms with Crippen molar-refractivity contribution in [2.75, 3.05) is 7.11 Å². The zero-order valence-corrected chi connectivity index (χ0v) is 12.4. The summed E-state index contributed by atoms with van der Waals surface area (Å²) in [6, 6.07) is 10.7. The molecule has 21 heavy (non-hydrogen) atoms. The molecule has 0 spiro atoms. The standard InChI is InChI=1S/C15H10Cl2O4/c1-20-14(18)10-4-2-3-5-11(10)15(19)21-9-6-7-12(16)13(17)8-9/h2-8H,1H3. The van der Waals surface area contributed by atoms with Gasteiger partial charge in [-0.15, -0.1) is 0 Å². The molecule has 0 aromatic heterocycles. The lowest BCUT2D eigenvalue weighted by atomic mass is 10.1. The smallest absolute Gasteiger partial charge is 0.344 e. The molecular formula is C15H10Cl2O4. The third-order valence-electron chi connectivity index (χ3n) is 2.65. The predicted octanol–water partition coefficient (Wildman–Crippen LogP) is 4.00. The van der Waals surface area contributed by atoms with Gasteiger partial charge in [-0.2, -0.15) is 0 Å². The molecule has 108 valence electrons. The van der Waals surface area contributed by atoms with Crippen molar-refractivity contribution in [3.63, 3.8) is 0 Å². The minimum Gasteiger partial charge on any atom is -0.465 e. The van der Waals surface area contributed by atoms with Gasteiger partial charge in [-0.05, 0) is 24.3 Å². The maximum absolute atomic E-state index is 12.1. The van der Waals surface area contributed by atoms with E-state index in [4.69, 9.17) is 27.9 Å². The monoisotopic (exact) mass is 324 g/mol. The molecule has 0 saturated carbocycles. The lowest BCUT2D eigenvalue weighted by Crippen LogP contribution is -2.15. The van der Waals surface area contributed by atoms with Gasteiger partial charge >= 0.3 is 11.9 Å². The summed E-state index contributed by atoms with van der Waals surface area (Å²) in [7, 11) is 1.24. The van der Waals surface area contributed by atoms with Crippen molar-refractivity contribution in [2.45, 2.75) is 0 Å². The van der Waals surface area contributed by atoms with Crippen molar-refractivity contribution in [1.82, 2.24) is 0 Å². The molecule has 2 aromatic rings. The average molecular weight is 325 g/mol. The molecule has 0 aliphatic rings. The fourth-order valence-electron chi connectivity index (χ4n) is 1.65. The van der Waals surface area contributed by atoms with Crippen LogP contribution in [-0.4, -0.2) is 19.0 Å². The minimum atomic E-state index is -0.686. The zero-order chi connectivity index (χ0) is 15.4. The summed E-state index contributed by atoms with van der Waals surface area (Å²) in [6.45, 7) is 0. The van der Waals surface area contributed by atoms with Crippen LogP contribution in [0.2, 0.25) is 10.0 Å². The fourth-order valence-corrected chi connectivity index (χ4v) is 1.94. The number of hydrogen-bond donors (Lipinski definition) is 0. The Hall–Kier alpha value is -2.04. The maximum Gasteiger partial charge on any atom is 0.344 e. The highest BCUT2D eigenvalue weighted by Gasteiger charge is 2.19. The number of esters is 2. The molecule has 0 aliphatic heterocycles. The first kappa shape index (κ1) is 15.4. The SMILES string of the molecule is COC(=O)c1ccccc1C(=O)Oc1ccc(Cl)c(Cl)c1. The topological polar surface area (TPSA) is 52.6 Å². The summed E-state index contributed by atoms with van der Waals surface area (Å²) in [5, 5.41) is 0.620. The molecule has 0 N–H and O–H groups in total. The summed E-state index contributed by atoms with van der Waals surface area (Å²) < 4.78 is 9.81. The van der Waals surface area contributed by atoms with Crippen LogP contribution in [0.1, 0.15) is 20.7 Å². The van der Waals surface area contributed by atoms with E-state index < -0.39 is 11.9 Å². The van der Waals surface area contributed by atoms with Gasteiger partial charge in [-0.1, -0.05) is 35.3 Å². The van der Waals surface area contributed by atoms with Gasteiger partial charge in [0, 0.05) is 6.07 Å². The molecule has 0 heterocycles. The Morgan fingerprint density at radius 3 is 2.10 bits per heavy atom. The molecule has 2 rings (SSSR count). The number of rotatable bonds is 3. The van der Waals surface area contributed by atoms with Crippen molar-refractivity contribution in [2.24, 2.45) is 0 Å². The fraction of sp³-hybridized carbons (Fsp3) is 0.0667. The molecule has 0 atom stereocenters.